The molecule has 20 heavy (non-hydrogen) atoms. The van der Waals surface area contributed by atoms with Crippen molar-refractivity contribution in [2.24, 2.45) is 5.73 Å². The largest absolute Gasteiger partial charge is 0.326 e. The highest BCUT2D eigenvalue weighted by Crippen LogP contribution is 2.24. The molecule has 0 bridgehead atoms. The summed E-state index contributed by atoms with van der Waals surface area (Å²) in [5, 5.41) is 1.75. The van der Waals surface area contributed by atoms with E-state index in [4.69, 9.17) is 5.73 Å². The van der Waals surface area contributed by atoms with E-state index in [9.17, 15) is 8.42 Å². The zero-order valence-corrected chi connectivity index (χ0v) is 12.9. The van der Waals surface area contributed by atoms with Crippen molar-refractivity contribution in [1.29, 1.82) is 0 Å². The van der Waals surface area contributed by atoms with Gasteiger partial charge in [0.25, 0.3) is 0 Å². The van der Waals surface area contributed by atoms with Crippen LogP contribution in [0.25, 0.3) is 0 Å². The van der Waals surface area contributed by atoms with Gasteiger partial charge in [0.15, 0.2) is 0 Å². The second-order valence-corrected chi connectivity index (χ2v) is 7.09. The van der Waals surface area contributed by atoms with Gasteiger partial charge in [-0.2, -0.15) is 0 Å². The van der Waals surface area contributed by atoms with E-state index in [2.05, 4.69) is 4.72 Å². The first-order chi connectivity index (χ1) is 9.58. The van der Waals surface area contributed by atoms with Crippen molar-refractivity contribution in [3.05, 3.63) is 52.2 Å². The van der Waals surface area contributed by atoms with Crippen LogP contribution in [0.15, 0.2) is 46.7 Å². The third kappa shape index (κ3) is 3.27. The summed E-state index contributed by atoms with van der Waals surface area (Å²) in [6, 6.07) is 10.9. The lowest BCUT2D eigenvalue weighted by atomic mass is 10.1. The lowest BCUT2D eigenvalue weighted by Gasteiger charge is -2.17. The van der Waals surface area contributed by atoms with Crippen LogP contribution in [0, 0.1) is 0 Å². The molecule has 0 spiro atoms. The third-order valence-corrected chi connectivity index (χ3v) is 5.72. The maximum atomic E-state index is 12.5. The van der Waals surface area contributed by atoms with Crippen LogP contribution < -0.4 is 10.5 Å². The van der Waals surface area contributed by atoms with Crippen LogP contribution in [0.2, 0.25) is 0 Å². The molecular formula is C14H18N2O2S2. The Hall–Kier alpha value is -1.21. The molecule has 0 fully saturated rings. The Bertz CT molecular complexity index is 651. The molecule has 108 valence electrons. The van der Waals surface area contributed by atoms with E-state index in [-0.39, 0.29) is 12.6 Å². The lowest BCUT2D eigenvalue weighted by Crippen LogP contribution is -2.28. The maximum Gasteiger partial charge on any atom is 0.242 e. The minimum atomic E-state index is -3.54. The Balaban J connectivity index is 2.27. The van der Waals surface area contributed by atoms with Gasteiger partial charge >= 0.3 is 0 Å². The summed E-state index contributed by atoms with van der Waals surface area (Å²) in [5.74, 6) is 0. The zero-order valence-electron chi connectivity index (χ0n) is 11.2. The van der Waals surface area contributed by atoms with Crippen molar-refractivity contribution in [1.82, 2.24) is 4.72 Å². The number of sulfonamides is 1. The number of thiophene rings is 1. The van der Waals surface area contributed by atoms with Gasteiger partial charge in [-0.3, -0.25) is 0 Å². The average molecular weight is 310 g/mol. The molecule has 1 aromatic heterocycles. The van der Waals surface area contributed by atoms with Crippen LogP contribution in [0.1, 0.15) is 29.8 Å². The van der Waals surface area contributed by atoms with E-state index < -0.39 is 10.0 Å². The van der Waals surface area contributed by atoms with Gasteiger partial charge in [-0.1, -0.05) is 37.3 Å². The number of rotatable bonds is 6. The standard InChI is InChI=1S/C14H18N2O2S2/c1-2-12(11-6-4-3-5-7-11)16-20(17,18)14-8-9-19-13(14)10-15/h3-9,12,16H,2,10,15H2,1H3. The first-order valence-corrected chi connectivity index (χ1v) is 8.78. The van der Waals surface area contributed by atoms with Crippen LogP contribution in [-0.4, -0.2) is 8.42 Å². The van der Waals surface area contributed by atoms with Crippen LogP contribution in [0.4, 0.5) is 0 Å². The van der Waals surface area contributed by atoms with Crippen LogP contribution in [-0.2, 0) is 16.6 Å². The van der Waals surface area contributed by atoms with Crippen LogP contribution in [0.3, 0.4) is 0 Å². The van der Waals surface area contributed by atoms with Gasteiger partial charge in [0, 0.05) is 17.5 Å². The quantitative estimate of drug-likeness (QED) is 0.861. The summed E-state index contributed by atoms with van der Waals surface area (Å²) in [4.78, 5) is 0.972. The molecule has 2 rings (SSSR count). The normalized spacial score (nSPS) is 13.3. The van der Waals surface area contributed by atoms with Gasteiger partial charge in [-0.05, 0) is 23.4 Å². The molecule has 1 unspecified atom stereocenters. The van der Waals surface area contributed by atoms with E-state index in [0.29, 0.717) is 16.2 Å². The van der Waals surface area contributed by atoms with Crippen LogP contribution in [0.5, 0.6) is 0 Å². The van der Waals surface area contributed by atoms with E-state index in [0.717, 1.165) is 5.56 Å². The first kappa shape index (κ1) is 15.2. The number of hydrogen-bond acceptors (Lipinski definition) is 4. The number of nitrogens with two attached hydrogens (primary N) is 1. The molecule has 1 atom stereocenters. The van der Waals surface area contributed by atoms with Crippen molar-refractivity contribution in [2.45, 2.75) is 30.8 Å². The molecule has 0 radical (unpaired) electrons. The molecule has 0 aliphatic carbocycles. The molecular weight excluding hydrogens is 292 g/mol. The first-order valence-electron chi connectivity index (χ1n) is 6.42. The van der Waals surface area contributed by atoms with E-state index in [1.54, 1.807) is 11.4 Å². The van der Waals surface area contributed by atoms with Gasteiger partial charge in [0.1, 0.15) is 0 Å². The van der Waals surface area contributed by atoms with Gasteiger partial charge < -0.3 is 5.73 Å². The molecule has 6 heteroatoms. The molecule has 1 aromatic carbocycles. The molecule has 0 aliphatic rings. The van der Waals surface area contributed by atoms with Crippen molar-refractivity contribution in [3.63, 3.8) is 0 Å². The molecule has 1 heterocycles. The number of nitrogens with one attached hydrogen (secondary N) is 1. The van der Waals surface area contributed by atoms with Crippen molar-refractivity contribution in [2.75, 3.05) is 0 Å². The zero-order chi connectivity index (χ0) is 14.6. The summed E-state index contributed by atoms with van der Waals surface area (Å²) in [5.41, 5.74) is 6.55. The highest BCUT2D eigenvalue weighted by Gasteiger charge is 2.23. The molecule has 0 saturated carbocycles. The predicted octanol–water partition coefficient (Wildman–Crippen LogP) is 2.64. The van der Waals surface area contributed by atoms with Crippen molar-refractivity contribution >= 4 is 21.4 Å². The number of benzene rings is 1. The summed E-state index contributed by atoms with van der Waals surface area (Å²) >= 11 is 1.36. The molecule has 4 nitrogen and oxygen atoms in total. The smallest absolute Gasteiger partial charge is 0.242 e. The van der Waals surface area contributed by atoms with Gasteiger partial charge in [0.2, 0.25) is 10.0 Å². The summed E-state index contributed by atoms with van der Waals surface area (Å²) in [6.07, 6.45) is 0.686. The third-order valence-electron chi connectivity index (χ3n) is 3.09. The van der Waals surface area contributed by atoms with Crippen molar-refractivity contribution in [3.8, 4) is 0 Å². The minimum absolute atomic E-state index is 0.230. The lowest BCUT2D eigenvalue weighted by molar-refractivity contribution is 0.549. The maximum absolute atomic E-state index is 12.5. The Labute approximate surface area is 123 Å². The fraction of sp³-hybridized carbons (Fsp3) is 0.286. The van der Waals surface area contributed by atoms with Gasteiger partial charge in [-0.25, -0.2) is 13.1 Å². The van der Waals surface area contributed by atoms with Gasteiger partial charge in [-0.15, -0.1) is 11.3 Å². The molecule has 2 aromatic rings. The van der Waals surface area contributed by atoms with Gasteiger partial charge in [0.05, 0.1) is 4.90 Å². The SMILES string of the molecule is CCC(NS(=O)(=O)c1ccsc1CN)c1ccccc1. The van der Waals surface area contributed by atoms with E-state index in [1.807, 2.05) is 37.3 Å². The molecule has 0 aliphatic heterocycles. The monoisotopic (exact) mass is 310 g/mol. The molecule has 0 saturated heterocycles. The number of hydrogen-bond donors (Lipinski definition) is 2. The van der Waals surface area contributed by atoms with Crippen LogP contribution >= 0.6 is 11.3 Å². The topological polar surface area (TPSA) is 72.2 Å². The highest BCUT2D eigenvalue weighted by molar-refractivity contribution is 7.89. The summed E-state index contributed by atoms with van der Waals surface area (Å²) in [7, 11) is -3.54. The highest BCUT2D eigenvalue weighted by atomic mass is 32.2. The Kier molecular flexibility index (Phi) is 4.93. The fourth-order valence-electron chi connectivity index (χ4n) is 2.04. The summed E-state index contributed by atoms with van der Waals surface area (Å²) in [6.45, 7) is 2.19. The van der Waals surface area contributed by atoms with E-state index >= 15 is 0 Å². The second kappa shape index (κ2) is 6.49. The minimum Gasteiger partial charge on any atom is -0.326 e. The van der Waals surface area contributed by atoms with Crippen molar-refractivity contribution < 1.29 is 8.42 Å². The Morgan fingerprint density at radius 3 is 2.55 bits per heavy atom. The predicted molar refractivity (Wildman–Crippen MR) is 82.0 cm³/mol. The average Bonchev–Trinajstić information content (AvgIpc) is 2.95. The second-order valence-electron chi connectivity index (χ2n) is 4.40. The molecule has 3 N–H and O–H groups in total. The summed E-state index contributed by atoms with van der Waals surface area (Å²) < 4.78 is 27.7. The molecule has 0 amide bonds. The van der Waals surface area contributed by atoms with E-state index in [1.165, 1.54) is 11.3 Å². The Morgan fingerprint density at radius 2 is 1.95 bits per heavy atom. The fourth-order valence-corrected chi connectivity index (χ4v) is 4.68. The Morgan fingerprint density at radius 1 is 1.25 bits per heavy atom.